The van der Waals surface area contributed by atoms with Gasteiger partial charge in [0.05, 0.1) is 5.41 Å². The smallest absolute Gasteiger partial charge is 0.164 e. The zero-order valence-electron chi connectivity index (χ0n) is 30.2. The van der Waals surface area contributed by atoms with E-state index in [0.29, 0.717) is 17.5 Å². The van der Waals surface area contributed by atoms with Gasteiger partial charge in [0.15, 0.2) is 17.5 Å². The first-order valence-electron chi connectivity index (χ1n) is 18.6. The minimum Gasteiger partial charge on any atom is -0.208 e. The van der Waals surface area contributed by atoms with Crippen molar-refractivity contribution in [1.82, 2.24) is 15.0 Å². The molecule has 0 saturated carbocycles. The number of aromatic nitrogens is 3. The van der Waals surface area contributed by atoms with E-state index >= 15 is 0 Å². The lowest BCUT2D eigenvalue weighted by atomic mass is 9.70. The van der Waals surface area contributed by atoms with Gasteiger partial charge in [-0.2, -0.15) is 0 Å². The summed E-state index contributed by atoms with van der Waals surface area (Å²) >= 11 is 0. The predicted octanol–water partition coefficient (Wildman–Crippen LogP) is 12.7. The topological polar surface area (TPSA) is 38.7 Å². The normalized spacial score (nSPS) is 15.9. The maximum atomic E-state index is 5.30. The van der Waals surface area contributed by atoms with Crippen LogP contribution < -0.4 is 0 Å². The van der Waals surface area contributed by atoms with Gasteiger partial charge in [-0.3, -0.25) is 0 Å². The van der Waals surface area contributed by atoms with Gasteiger partial charge in [-0.25, -0.2) is 15.0 Å². The van der Waals surface area contributed by atoms with Gasteiger partial charge in [-0.1, -0.05) is 177 Å². The summed E-state index contributed by atoms with van der Waals surface area (Å²) in [6, 6.07) is 61.9. The molecule has 0 saturated heterocycles. The Kier molecular flexibility index (Phi) is 7.67. The fraction of sp³-hybridized carbons (Fsp3) is 0.0192. The van der Waals surface area contributed by atoms with E-state index in [2.05, 4.69) is 165 Å². The molecule has 1 aromatic heterocycles. The van der Waals surface area contributed by atoms with Crippen molar-refractivity contribution in [3.8, 4) is 67.5 Å². The second-order valence-electron chi connectivity index (χ2n) is 14.1. The van der Waals surface area contributed by atoms with Gasteiger partial charge in [0.25, 0.3) is 0 Å². The SMILES string of the molecule is C=C/C=C1\C(=C)c2ccccc2C12c1ccccc1-c1ccc(-c3nc(-c4ccccc4)nc(-c4cc(-c5ccccc5)cc(-c5ccccc5)c4)n3)cc12. The minimum absolute atomic E-state index is 0.559. The molecular formula is C52H35N3. The van der Waals surface area contributed by atoms with Crippen LogP contribution in [0.2, 0.25) is 0 Å². The van der Waals surface area contributed by atoms with Crippen molar-refractivity contribution in [1.29, 1.82) is 0 Å². The minimum atomic E-state index is -0.559. The number of fused-ring (bicyclic) bond motifs is 7. The van der Waals surface area contributed by atoms with E-state index in [0.717, 1.165) is 55.7 Å². The van der Waals surface area contributed by atoms with E-state index in [1.807, 2.05) is 36.4 Å². The standard InChI is InChI=1S/C52H35N3/c1-3-17-45-34(2)42-24-13-15-26-46(42)52(45)47-27-16-14-25-43(47)44-29-28-38(33-48(44)52)50-53-49(37-22-11-6-12-23-37)54-51(55-50)41-31-39(35-18-7-4-8-19-35)30-40(32-41)36-20-9-5-10-21-36/h3-33H,1-2H2/b45-17+. The highest BCUT2D eigenvalue weighted by atomic mass is 15.0. The van der Waals surface area contributed by atoms with Gasteiger partial charge in [0.2, 0.25) is 0 Å². The first-order chi connectivity index (χ1) is 27.1. The van der Waals surface area contributed by atoms with Crippen LogP contribution in [-0.4, -0.2) is 15.0 Å². The van der Waals surface area contributed by atoms with Gasteiger partial charge in [0.1, 0.15) is 0 Å². The lowest BCUT2D eigenvalue weighted by Gasteiger charge is -2.31. The summed E-state index contributed by atoms with van der Waals surface area (Å²) in [5.41, 5.74) is 16.0. The fourth-order valence-corrected chi connectivity index (χ4v) is 8.63. The Bertz CT molecular complexity index is 2780. The number of benzene rings is 7. The first-order valence-corrected chi connectivity index (χ1v) is 18.6. The predicted molar refractivity (Wildman–Crippen MR) is 226 cm³/mol. The van der Waals surface area contributed by atoms with Gasteiger partial charge in [0, 0.05) is 16.7 Å². The van der Waals surface area contributed by atoms with Crippen LogP contribution in [0.3, 0.4) is 0 Å². The summed E-state index contributed by atoms with van der Waals surface area (Å²) in [6.07, 6.45) is 4.02. The summed E-state index contributed by atoms with van der Waals surface area (Å²) in [4.78, 5) is 15.7. The molecule has 0 fully saturated rings. The van der Waals surface area contributed by atoms with Crippen LogP contribution in [0.1, 0.15) is 22.3 Å². The molecule has 0 N–H and O–H groups in total. The molecule has 0 radical (unpaired) electrons. The van der Waals surface area contributed by atoms with E-state index in [1.165, 1.54) is 27.8 Å². The maximum Gasteiger partial charge on any atom is 0.164 e. The molecule has 8 aromatic rings. The van der Waals surface area contributed by atoms with Crippen LogP contribution in [-0.2, 0) is 5.41 Å². The Balaban J connectivity index is 1.22. The number of allylic oxidation sites excluding steroid dienone is 4. The molecule has 1 spiro atoms. The fourth-order valence-electron chi connectivity index (χ4n) is 8.63. The summed E-state index contributed by atoms with van der Waals surface area (Å²) in [5.74, 6) is 1.85. The van der Waals surface area contributed by atoms with Crippen LogP contribution >= 0.6 is 0 Å². The second kappa shape index (κ2) is 13.0. The molecule has 10 rings (SSSR count). The Hall–Kier alpha value is -7.23. The molecule has 1 atom stereocenters. The summed E-state index contributed by atoms with van der Waals surface area (Å²) in [5, 5.41) is 0. The Morgan fingerprint density at radius 1 is 0.382 bits per heavy atom. The van der Waals surface area contributed by atoms with Gasteiger partial charge in [-0.05, 0) is 91.0 Å². The molecule has 0 aliphatic heterocycles. The average molecular weight is 702 g/mol. The van der Waals surface area contributed by atoms with Crippen LogP contribution in [0.15, 0.2) is 207 Å². The van der Waals surface area contributed by atoms with E-state index in [-0.39, 0.29) is 0 Å². The molecule has 7 aromatic carbocycles. The highest BCUT2D eigenvalue weighted by molar-refractivity contribution is 6.00. The highest BCUT2D eigenvalue weighted by Gasteiger charge is 2.52. The van der Waals surface area contributed by atoms with E-state index in [4.69, 9.17) is 15.0 Å². The number of nitrogens with zero attached hydrogens (tertiary/aromatic N) is 3. The van der Waals surface area contributed by atoms with Crippen molar-refractivity contribution in [3.63, 3.8) is 0 Å². The first kappa shape index (κ1) is 32.4. The summed E-state index contributed by atoms with van der Waals surface area (Å²) in [7, 11) is 0. The van der Waals surface area contributed by atoms with Gasteiger partial charge < -0.3 is 0 Å². The molecule has 3 nitrogen and oxygen atoms in total. The second-order valence-corrected chi connectivity index (χ2v) is 14.1. The van der Waals surface area contributed by atoms with Crippen LogP contribution in [0.5, 0.6) is 0 Å². The summed E-state index contributed by atoms with van der Waals surface area (Å²) < 4.78 is 0. The number of hydrogen-bond acceptors (Lipinski definition) is 3. The van der Waals surface area contributed by atoms with Crippen molar-refractivity contribution in [2.45, 2.75) is 5.41 Å². The lowest BCUT2D eigenvalue weighted by molar-refractivity contribution is 0.795. The van der Waals surface area contributed by atoms with E-state index in [1.54, 1.807) is 0 Å². The Morgan fingerprint density at radius 3 is 1.44 bits per heavy atom. The van der Waals surface area contributed by atoms with Crippen LogP contribution in [0.25, 0.3) is 73.1 Å². The van der Waals surface area contributed by atoms with E-state index in [9.17, 15) is 0 Å². The third-order valence-corrected chi connectivity index (χ3v) is 11.0. The third kappa shape index (κ3) is 5.16. The Morgan fingerprint density at radius 2 is 0.836 bits per heavy atom. The molecule has 3 heteroatoms. The molecule has 1 heterocycles. The van der Waals surface area contributed by atoms with Crippen molar-refractivity contribution < 1.29 is 0 Å². The highest BCUT2D eigenvalue weighted by Crippen LogP contribution is 2.63. The quantitative estimate of drug-likeness (QED) is 0.173. The number of hydrogen-bond donors (Lipinski definition) is 0. The Labute approximate surface area is 321 Å². The van der Waals surface area contributed by atoms with Crippen molar-refractivity contribution in [2.24, 2.45) is 0 Å². The number of rotatable bonds is 6. The largest absolute Gasteiger partial charge is 0.208 e. The molecule has 55 heavy (non-hydrogen) atoms. The van der Waals surface area contributed by atoms with Crippen molar-refractivity contribution >= 4 is 5.57 Å². The van der Waals surface area contributed by atoms with Gasteiger partial charge >= 0.3 is 0 Å². The molecule has 1 unspecified atom stereocenters. The average Bonchev–Trinajstić information content (AvgIpc) is 3.69. The molecule has 2 aliphatic carbocycles. The molecule has 2 aliphatic rings. The molecule has 258 valence electrons. The third-order valence-electron chi connectivity index (χ3n) is 11.0. The van der Waals surface area contributed by atoms with Crippen molar-refractivity contribution in [2.75, 3.05) is 0 Å². The monoisotopic (exact) mass is 701 g/mol. The molecule has 0 amide bonds. The molecule has 0 bridgehead atoms. The summed E-state index contributed by atoms with van der Waals surface area (Å²) in [6.45, 7) is 8.78. The maximum absolute atomic E-state index is 5.30. The zero-order valence-corrected chi connectivity index (χ0v) is 30.2. The van der Waals surface area contributed by atoms with E-state index < -0.39 is 5.41 Å². The lowest BCUT2D eigenvalue weighted by Crippen LogP contribution is -2.26. The van der Waals surface area contributed by atoms with Crippen LogP contribution in [0, 0.1) is 0 Å². The van der Waals surface area contributed by atoms with Crippen molar-refractivity contribution in [3.05, 3.63) is 229 Å². The molecular weight excluding hydrogens is 667 g/mol. The van der Waals surface area contributed by atoms with Crippen LogP contribution in [0.4, 0.5) is 0 Å². The van der Waals surface area contributed by atoms with Gasteiger partial charge in [-0.15, -0.1) is 0 Å². The zero-order chi connectivity index (χ0) is 36.9.